The molecule has 1 aliphatic heterocycles. The van der Waals surface area contributed by atoms with Crippen molar-refractivity contribution in [2.75, 3.05) is 37.4 Å². The third-order valence-corrected chi connectivity index (χ3v) is 3.12. The summed E-state index contributed by atoms with van der Waals surface area (Å²) in [5, 5.41) is 6.59. The average Bonchev–Trinajstić information content (AvgIpc) is 2.38. The van der Waals surface area contributed by atoms with Crippen molar-refractivity contribution >= 4 is 17.3 Å². The van der Waals surface area contributed by atoms with Gasteiger partial charge in [0.05, 0.1) is 30.2 Å². The molecule has 1 saturated heterocycles. The van der Waals surface area contributed by atoms with Gasteiger partial charge in [0.2, 0.25) is 0 Å². The van der Waals surface area contributed by atoms with Gasteiger partial charge in [-0.1, -0.05) is 0 Å². The number of carbonyl (C=O) groups is 1. The summed E-state index contributed by atoms with van der Waals surface area (Å²) >= 11 is 0. The zero-order valence-electron chi connectivity index (χ0n) is 11.4. The van der Waals surface area contributed by atoms with Crippen molar-refractivity contribution in [1.82, 2.24) is 0 Å². The summed E-state index contributed by atoms with van der Waals surface area (Å²) in [5.74, 6) is -0.328. The van der Waals surface area contributed by atoms with E-state index in [0.29, 0.717) is 5.56 Å². The van der Waals surface area contributed by atoms with Crippen molar-refractivity contribution in [1.29, 1.82) is 0 Å². The lowest BCUT2D eigenvalue weighted by Crippen LogP contribution is -2.33. The highest BCUT2D eigenvalue weighted by Gasteiger charge is 2.18. The van der Waals surface area contributed by atoms with Crippen LogP contribution in [0.3, 0.4) is 0 Å². The molecule has 0 saturated carbocycles. The molecule has 5 heteroatoms. The van der Waals surface area contributed by atoms with E-state index in [9.17, 15) is 4.79 Å². The Kier molecular flexibility index (Phi) is 4.63. The fourth-order valence-corrected chi connectivity index (χ4v) is 1.95. The smallest absolute Gasteiger partial charge is 0.337 e. The molecule has 1 aromatic rings. The van der Waals surface area contributed by atoms with Crippen molar-refractivity contribution in [3.05, 3.63) is 23.8 Å². The molecule has 0 spiro atoms. The molecular formula is C14H20N2O3. The second-order valence-corrected chi connectivity index (χ2v) is 4.44. The van der Waals surface area contributed by atoms with Crippen molar-refractivity contribution in [2.24, 2.45) is 0 Å². The number of nitrogens with one attached hydrogen (secondary N) is 2. The first-order valence-corrected chi connectivity index (χ1v) is 6.56. The third-order valence-electron chi connectivity index (χ3n) is 3.12. The van der Waals surface area contributed by atoms with Crippen LogP contribution in [0.4, 0.5) is 11.4 Å². The van der Waals surface area contributed by atoms with Crippen molar-refractivity contribution < 1.29 is 14.3 Å². The number of hydrogen-bond donors (Lipinski definition) is 2. The van der Waals surface area contributed by atoms with Gasteiger partial charge in [-0.15, -0.1) is 0 Å². The Bertz CT molecular complexity index is 444. The maximum atomic E-state index is 11.5. The average molecular weight is 264 g/mol. The van der Waals surface area contributed by atoms with Gasteiger partial charge in [0, 0.05) is 19.7 Å². The van der Waals surface area contributed by atoms with Crippen LogP contribution in [-0.4, -0.2) is 38.9 Å². The number of hydrogen-bond acceptors (Lipinski definition) is 5. The third kappa shape index (κ3) is 3.38. The first kappa shape index (κ1) is 13.7. The minimum atomic E-state index is -0.328. The van der Waals surface area contributed by atoms with Gasteiger partial charge in [-0.2, -0.15) is 0 Å². The lowest BCUT2D eigenvalue weighted by Gasteiger charge is -2.27. The highest BCUT2D eigenvalue weighted by Crippen LogP contribution is 2.24. The molecule has 5 nitrogen and oxygen atoms in total. The first-order chi connectivity index (χ1) is 9.24. The molecule has 1 atom stereocenters. The van der Waals surface area contributed by atoms with Crippen LogP contribution in [0.1, 0.15) is 23.7 Å². The fraction of sp³-hybridized carbons (Fsp3) is 0.500. The number of rotatable bonds is 6. The van der Waals surface area contributed by atoms with Crippen LogP contribution in [0, 0.1) is 0 Å². The van der Waals surface area contributed by atoms with E-state index in [0.717, 1.165) is 37.5 Å². The zero-order chi connectivity index (χ0) is 13.7. The summed E-state index contributed by atoms with van der Waals surface area (Å²) < 4.78 is 10.1. The summed E-state index contributed by atoms with van der Waals surface area (Å²) in [6.07, 6.45) is 1.36. The molecule has 0 aromatic heterocycles. The highest BCUT2D eigenvalue weighted by molar-refractivity contribution is 5.92. The summed E-state index contributed by atoms with van der Waals surface area (Å²) in [6.45, 7) is 4.46. The van der Waals surface area contributed by atoms with E-state index in [1.54, 1.807) is 6.07 Å². The Labute approximate surface area is 113 Å². The number of anilines is 2. The van der Waals surface area contributed by atoms with Gasteiger partial charge in [-0.25, -0.2) is 4.79 Å². The molecule has 1 heterocycles. The van der Waals surface area contributed by atoms with Crippen LogP contribution < -0.4 is 10.6 Å². The number of esters is 1. The molecule has 2 N–H and O–H groups in total. The molecule has 1 fully saturated rings. The number of carbonyl (C=O) groups excluding carboxylic acids is 1. The lowest BCUT2D eigenvalue weighted by molar-refractivity contribution is -0.0410. The Morgan fingerprint density at radius 3 is 2.79 bits per heavy atom. The molecule has 0 unspecified atom stereocenters. The molecule has 0 amide bonds. The number of methoxy groups -OCH3 is 1. The Morgan fingerprint density at radius 2 is 2.21 bits per heavy atom. The molecule has 2 rings (SSSR count). The van der Waals surface area contributed by atoms with E-state index < -0.39 is 0 Å². The number of ether oxygens (including phenoxy) is 2. The summed E-state index contributed by atoms with van der Waals surface area (Å²) in [7, 11) is 1.38. The van der Waals surface area contributed by atoms with Gasteiger partial charge in [0.25, 0.3) is 0 Å². The predicted molar refractivity (Wildman–Crippen MR) is 74.8 cm³/mol. The SMILES string of the molecule is CCNc1ccc(C(=O)OC)cc1NC[C@@H]1CCO1. The van der Waals surface area contributed by atoms with E-state index in [2.05, 4.69) is 10.6 Å². The second-order valence-electron chi connectivity index (χ2n) is 4.44. The summed E-state index contributed by atoms with van der Waals surface area (Å²) in [4.78, 5) is 11.5. The zero-order valence-corrected chi connectivity index (χ0v) is 11.4. The molecule has 0 bridgehead atoms. The lowest BCUT2D eigenvalue weighted by atomic mass is 10.1. The molecule has 0 radical (unpaired) electrons. The van der Waals surface area contributed by atoms with Crippen LogP contribution in [0.25, 0.3) is 0 Å². The Balaban J connectivity index is 2.11. The van der Waals surface area contributed by atoms with Crippen LogP contribution in [0.15, 0.2) is 18.2 Å². The molecule has 0 aliphatic carbocycles. The van der Waals surface area contributed by atoms with E-state index >= 15 is 0 Å². The van der Waals surface area contributed by atoms with E-state index in [-0.39, 0.29) is 12.1 Å². The van der Waals surface area contributed by atoms with E-state index in [1.165, 1.54) is 7.11 Å². The van der Waals surface area contributed by atoms with Gasteiger partial charge in [-0.05, 0) is 31.5 Å². The van der Waals surface area contributed by atoms with Crippen molar-refractivity contribution in [3.8, 4) is 0 Å². The Hall–Kier alpha value is -1.75. The molecule has 1 aromatic carbocycles. The molecule has 104 valence electrons. The highest BCUT2D eigenvalue weighted by atomic mass is 16.5. The van der Waals surface area contributed by atoms with Gasteiger partial charge in [0.15, 0.2) is 0 Å². The van der Waals surface area contributed by atoms with Gasteiger partial charge >= 0.3 is 5.97 Å². The molecule has 19 heavy (non-hydrogen) atoms. The van der Waals surface area contributed by atoms with Crippen molar-refractivity contribution in [3.63, 3.8) is 0 Å². The quantitative estimate of drug-likeness (QED) is 0.771. The molecular weight excluding hydrogens is 244 g/mol. The van der Waals surface area contributed by atoms with Crippen molar-refractivity contribution in [2.45, 2.75) is 19.4 Å². The minimum Gasteiger partial charge on any atom is -0.465 e. The molecule has 1 aliphatic rings. The monoisotopic (exact) mass is 264 g/mol. The minimum absolute atomic E-state index is 0.274. The Morgan fingerprint density at radius 1 is 1.42 bits per heavy atom. The van der Waals surface area contributed by atoms with E-state index in [4.69, 9.17) is 9.47 Å². The predicted octanol–water partition coefficient (Wildman–Crippen LogP) is 2.11. The standard InChI is InChI=1S/C14H20N2O3/c1-3-15-12-5-4-10(14(17)18-2)8-13(12)16-9-11-6-7-19-11/h4-5,8,11,15-16H,3,6-7,9H2,1-2H3/t11-/m0/s1. The summed E-state index contributed by atoms with van der Waals surface area (Å²) in [6, 6.07) is 5.46. The van der Waals surface area contributed by atoms with Gasteiger partial charge in [0.1, 0.15) is 0 Å². The van der Waals surface area contributed by atoms with Crippen LogP contribution in [0.2, 0.25) is 0 Å². The number of benzene rings is 1. The second kappa shape index (κ2) is 6.43. The summed E-state index contributed by atoms with van der Waals surface area (Å²) in [5.41, 5.74) is 2.43. The van der Waals surface area contributed by atoms with Crippen LogP contribution >= 0.6 is 0 Å². The maximum Gasteiger partial charge on any atom is 0.337 e. The topological polar surface area (TPSA) is 59.6 Å². The largest absolute Gasteiger partial charge is 0.465 e. The van der Waals surface area contributed by atoms with Gasteiger partial charge < -0.3 is 20.1 Å². The normalized spacial score (nSPS) is 17.5. The maximum absolute atomic E-state index is 11.5. The fourth-order valence-electron chi connectivity index (χ4n) is 1.95. The van der Waals surface area contributed by atoms with Gasteiger partial charge in [-0.3, -0.25) is 0 Å². The van der Waals surface area contributed by atoms with Crippen LogP contribution in [-0.2, 0) is 9.47 Å². The van der Waals surface area contributed by atoms with E-state index in [1.807, 2.05) is 19.1 Å². The first-order valence-electron chi connectivity index (χ1n) is 6.56. The van der Waals surface area contributed by atoms with Crippen LogP contribution in [0.5, 0.6) is 0 Å².